The second-order valence-electron chi connectivity index (χ2n) is 16.7. The van der Waals surface area contributed by atoms with Gasteiger partial charge in [0.2, 0.25) is 0 Å². The SMILES string of the molecule is C1=C(c2ccccc2)N=C(c2ccccc2)N=C(c2ccccc2-c2ccccc2-c2ccc3c(c2)C2(c4ccccc4-3)c3ccccc3N(c3ccccc3)c3ccccc32)CC1. The van der Waals surface area contributed by atoms with E-state index in [4.69, 9.17) is 9.98 Å². The van der Waals surface area contributed by atoms with Gasteiger partial charge in [-0.25, -0.2) is 9.98 Å². The summed E-state index contributed by atoms with van der Waals surface area (Å²) in [4.78, 5) is 13.2. The Morgan fingerprint density at radius 1 is 0.359 bits per heavy atom. The molecule has 3 aliphatic rings. The van der Waals surface area contributed by atoms with E-state index in [1.54, 1.807) is 0 Å². The van der Waals surface area contributed by atoms with Crippen molar-refractivity contribution < 1.29 is 0 Å². The van der Waals surface area contributed by atoms with Gasteiger partial charge in [0, 0.05) is 16.8 Å². The van der Waals surface area contributed by atoms with Crippen LogP contribution in [0, 0.1) is 0 Å². The average molecular weight is 818 g/mol. The second kappa shape index (κ2) is 15.6. The average Bonchev–Trinajstić information content (AvgIpc) is 3.65. The van der Waals surface area contributed by atoms with E-state index in [1.165, 1.54) is 61.4 Å². The Balaban J connectivity index is 1.03. The first kappa shape index (κ1) is 37.6. The highest BCUT2D eigenvalue weighted by atomic mass is 15.2. The summed E-state index contributed by atoms with van der Waals surface area (Å²) in [6.07, 6.45) is 3.87. The van der Waals surface area contributed by atoms with E-state index in [0.29, 0.717) is 0 Å². The van der Waals surface area contributed by atoms with Gasteiger partial charge in [-0.2, -0.15) is 0 Å². The summed E-state index contributed by atoms with van der Waals surface area (Å²) in [6.45, 7) is 0. The number of benzene rings is 9. The van der Waals surface area contributed by atoms with Gasteiger partial charge in [0.05, 0.1) is 28.2 Å². The van der Waals surface area contributed by atoms with Crippen LogP contribution < -0.4 is 4.90 Å². The molecule has 0 unspecified atom stereocenters. The first-order valence-corrected chi connectivity index (χ1v) is 22.2. The molecule has 2 aliphatic heterocycles. The maximum atomic E-state index is 5.46. The third-order valence-electron chi connectivity index (χ3n) is 13.2. The van der Waals surface area contributed by atoms with Crippen LogP contribution in [0.3, 0.4) is 0 Å². The summed E-state index contributed by atoms with van der Waals surface area (Å²) in [6, 6.07) is 83.6. The molecule has 0 aromatic heterocycles. The molecule has 3 nitrogen and oxygen atoms in total. The van der Waals surface area contributed by atoms with Crippen molar-refractivity contribution in [1.82, 2.24) is 0 Å². The normalized spacial score (nSPS) is 14.5. The molecule has 1 spiro atoms. The lowest BCUT2D eigenvalue weighted by Gasteiger charge is -2.45. The van der Waals surface area contributed by atoms with Gasteiger partial charge in [0.25, 0.3) is 0 Å². The van der Waals surface area contributed by atoms with Gasteiger partial charge < -0.3 is 4.90 Å². The minimum absolute atomic E-state index is 0.542. The molecule has 0 atom stereocenters. The molecule has 0 amide bonds. The van der Waals surface area contributed by atoms with Crippen LogP contribution in [0.1, 0.15) is 51.8 Å². The van der Waals surface area contributed by atoms with Crippen molar-refractivity contribution in [3.63, 3.8) is 0 Å². The number of amidine groups is 1. The lowest BCUT2D eigenvalue weighted by atomic mass is 9.64. The number of allylic oxidation sites excluding steroid dienone is 1. The number of para-hydroxylation sites is 3. The molecule has 0 N–H and O–H groups in total. The van der Waals surface area contributed by atoms with Gasteiger partial charge >= 0.3 is 0 Å². The number of hydrogen-bond acceptors (Lipinski definition) is 3. The first-order valence-electron chi connectivity index (χ1n) is 22.2. The van der Waals surface area contributed by atoms with E-state index >= 15 is 0 Å². The number of hydrogen-bond donors (Lipinski definition) is 0. The van der Waals surface area contributed by atoms with Crippen LogP contribution in [-0.2, 0) is 5.41 Å². The maximum Gasteiger partial charge on any atom is 0.160 e. The van der Waals surface area contributed by atoms with E-state index in [-0.39, 0.29) is 0 Å². The Kier molecular flexibility index (Phi) is 9.19. The van der Waals surface area contributed by atoms with Crippen molar-refractivity contribution in [2.45, 2.75) is 18.3 Å². The van der Waals surface area contributed by atoms with Gasteiger partial charge in [0.1, 0.15) is 0 Å². The Bertz CT molecular complexity index is 3280. The van der Waals surface area contributed by atoms with Crippen molar-refractivity contribution in [3.05, 3.63) is 276 Å². The van der Waals surface area contributed by atoms with Crippen molar-refractivity contribution in [2.24, 2.45) is 9.98 Å². The van der Waals surface area contributed by atoms with E-state index < -0.39 is 5.41 Å². The minimum atomic E-state index is -0.542. The van der Waals surface area contributed by atoms with E-state index in [1.807, 2.05) is 12.1 Å². The number of rotatable bonds is 6. The zero-order valence-electron chi connectivity index (χ0n) is 35.3. The highest BCUT2D eigenvalue weighted by molar-refractivity contribution is 6.16. The third-order valence-corrected chi connectivity index (χ3v) is 13.2. The van der Waals surface area contributed by atoms with Crippen molar-refractivity contribution in [2.75, 3.05) is 4.90 Å². The summed E-state index contributed by atoms with van der Waals surface area (Å²) in [7, 11) is 0. The quantitative estimate of drug-likeness (QED) is 0.164. The number of fused-ring (bicyclic) bond motifs is 9. The van der Waals surface area contributed by atoms with E-state index in [2.05, 4.69) is 229 Å². The van der Waals surface area contributed by atoms with Gasteiger partial charge in [-0.15, -0.1) is 0 Å². The van der Waals surface area contributed by atoms with Crippen LogP contribution in [0.5, 0.6) is 0 Å². The van der Waals surface area contributed by atoms with Crippen LogP contribution >= 0.6 is 0 Å². The summed E-state index contributed by atoms with van der Waals surface area (Å²) in [5.41, 5.74) is 20.6. The van der Waals surface area contributed by atoms with Gasteiger partial charge in [0.15, 0.2) is 5.84 Å². The second-order valence-corrected chi connectivity index (χ2v) is 16.7. The molecule has 2 heterocycles. The van der Waals surface area contributed by atoms with E-state index in [9.17, 15) is 0 Å². The van der Waals surface area contributed by atoms with Crippen molar-refractivity contribution in [1.29, 1.82) is 0 Å². The fraction of sp³-hybridized carbons (Fsp3) is 0.0492. The molecule has 0 radical (unpaired) electrons. The number of anilines is 3. The molecule has 1 aliphatic carbocycles. The Morgan fingerprint density at radius 3 is 1.53 bits per heavy atom. The van der Waals surface area contributed by atoms with Crippen LogP contribution in [0.15, 0.2) is 247 Å². The largest absolute Gasteiger partial charge is 0.310 e. The number of aliphatic imine (C=N–C) groups is 2. The Labute approximate surface area is 374 Å². The summed E-state index contributed by atoms with van der Waals surface area (Å²) in [5, 5.41) is 0. The first-order chi connectivity index (χ1) is 31.8. The molecular weight excluding hydrogens is 775 g/mol. The topological polar surface area (TPSA) is 28.0 Å². The molecule has 12 rings (SSSR count). The van der Waals surface area contributed by atoms with E-state index in [0.717, 1.165) is 58.0 Å². The number of nitrogens with zero attached hydrogens (tertiary/aromatic N) is 3. The Morgan fingerprint density at radius 2 is 0.859 bits per heavy atom. The van der Waals surface area contributed by atoms with Gasteiger partial charge in [-0.1, -0.05) is 206 Å². The van der Waals surface area contributed by atoms with Crippen LogP contribution in [0.25, 0.3) is 39.1 Å². The fourth-order valence-corrected chi connectivity index (χ4v) is 10.5. The smallest absolute Gasteiger partial charge is 0.160 e. The molecule has 302 valence electrons. The zero-order valence-corrected chi connectivity index (χ0v) is 35.3. The zero-order chi connectivity index (χ0) is 42.5. The monoisotopic (exact) mass is 817 g/mol. The standard InChI is InChI=1S/C61H43N3/c1-4-21-42(22-5-1)56-35-20-36-57(63-60(62-56)43-23-6-2-7-24-43)51-31-13-12-29-48(51)47-28-11-10-27-46(47)44-39-40-50-49-30-14-15-32-52(49)61(55(50)41-44)53-33-16-18-37-58(53)64(45-25-8-3-9-26-45)59-38-19-17-34-54(59)61/h1-19,21-35,37-41H,20,36H2. The minimum Gasteiger partial charge on any atom is -0.310 e. The molecule has 0 saturated heterocycles. The van der Waals surface area contributed by atoms with Gasteiger partial charge in [-0.3, -0.25) is 0 Å². The van der Waals surface area contributed by atoms with Crippen LogP contribution in [-0.4, -0.2) is 11.5 Å². The highest BCUT2D eigenvalue weighted by Gasteiger charge is 2.51. The lowest BCUT2D eigenvalue weighted by Crippen LogP contribution is -2.36. The molecule has 0 saturated carbocycles. The fourth-order valence-electron chi connectivity index (χ4n) is 10.5. The summed E-state index contributed by atoms with van der Waals surface area (Å²) >= 11 is 0. The van der Waals surface area contributed by atoms with Crippen LogP contribution in [0.2, 0.25) is 0 Å². The highest BCUT2D eigenvalue weighted by Crippen LogP contribution is 2.63. The predicted octanol–water partition coefficient (Wildman–Crippen LogP) is 15.2. The molecular formula is C61H43N3. The maximum absolute atomic E-state index is 5.46. The van der Waals surface area contributed by atoms with Crippen molar-refractivity contribution >= 4 is 34.3 Å². The Hall–Kier alpha value is -8.14. The molecule has 3 heteroatoms. The molecule has 9 aromatic carbocycles. The van der Waals surface area contributed by atoms with Crippen LogP contribution in [0.4, 0.5) is 17.1 Å². The van der Waals surface area contributed by atoms with Crippen molar-refractivity contribution in [3.8, 4) is 33.4 Å². The molecule has 0 fully saturated rings. The molecule has 0 bridgehead atoms. The summed E-state index contributed by atoms with van der Waals surface area (Å²) < 4.78 is 0. The molecule has 64 heavy (non-hydrogen) atoms. The predicted molar refractivity (Wildman–Crippen MR) is 266 cm³/mol. The summed E-state index contributed by atoms with van der Waals surface area (Å²) in [5.74, 6) is 0.718. The molecule has 9 aromatic rings. The lowest BCUT2D eigenvalue weighted by molar-refractivity contribution is 0.753. The van der Waals surface area contributed by atoms with Gasteiger partial charge in [-0.05, 0) is 104 Å². The third kappa shape index (κ3) is 6.04.